The van der Waals surface area contributed by atoms with Crippen molar-refractivity contribution in [1.29, 1.82) is 0 Å². The Hall–Kier alpha value is -0.860. The molecular weight excluding hydrogens is 200 g/mol. The van der Waals surface area contributed by atoms with Gasteiger partial charge in [-0.25, -0.2) is 0 Å². The molecule has 0 radical (unpaired) electrons. The lowest BCUT2D eigenvalue weighted by atomic mass is 9.96. The molecule has 2 heteroatoms. The highest BCUT2D eigenvalue weighted by molar-refractivity contribution is 5.31. The van der Waals surface area contributed by atoms with Crippen LogP contribution in [0.3, 0.4) is 0 Å². The van der Waals surface area contributed by atoms with Crippen molar-refractivity contribution in [3.8, 4) is 0 Å². The minimum absolute atomic E-state index is 0.390. The van der Waals surface area contributed by atoms with Gasteiger partial charge < -0.3 is 9.84 Å². The van der Waals surface area contributed by atoms with Crippen LogP contribution in [0.4, 0.5) is 0 Å². The molecule has 1 atom stereocenters. The first kappa shape index (κ1) is 11.6. The van der Waals surface area contributed by atoms with E-state index in [0.717, 1.165) is 18.4 Å². The molecule has 1 N–H and O–H groups in total. The molecule has 0 bridgehead atoms. The van der Waals surface area contributed by atoms with Crippen LogP contribution < -0.4 is 0 Å². The molecule has 1 aliphatic rings. The van der Waals surface area contributed by atoms with Gasteiger partial charge in [-0.1, -0.05) is 18.2 Å². The van der Waals surface area contributed by atoms with Crippen molar-refractivity contribution in [2.45, 2.75) is 45.3 Å². The second-order valence-corrected chi connectivity index (χ2v) is 4.75. The summed E-state index contributed by atoms with van der Waals surface area (Å²) in [5.41, 5.74) is 3.44. The highest BCUT2D eigenvalue weighted by Crippen LogP contribution is 2.24. The minimum atomic E-state index is -0.486. The van der Waals surface area contributed by atoms with Gasteiger partial charge in [-0.2, -0.15) is 0 Å². The van der Waals surface area contributed by atoms with Gasteiger partial charge in [0.1, 0.15) is 6.10 Å². The zero-order valence-electron chi connectivity index (χ0n) is 10.1. The van der Waals surface area contributed by atoms with Crippen molar-refractivity contribution >= 4 is 0 Å². The number of hydrogen-bond acceptors (Lipinski definition) is 2. The number of ether oxygens (including phenoxy) is 1. The number of benzene rings is 1. The molecule has 16 heavy (non-hydrogen) atoms. The number of hydrogen-bond donors (Lipinski definition) is 1. The largest absolute Gasteiger partial charge is 0.386 e. The van der Waals surface area contributed by atoms with Crippen molar-refractivity contribution in [2.75, 3.05) is 6.61 Å². The summed E-state index contributed by atoms with van der Waals surface area (Å²) < 4.78 is 5.61. The highest BCUT2D eigenvalue weighted by Gasteiger charge is 2.19. The fraction of sp³-hybridized carbons (Fsp3) is 0.571. The van der Waals surface area contributed by atoms with Crippen LogP contribution in [-0.2, 0) is 4.74 Å². The van der Waals surface area contributed by atoms with Crippen molar-refractivity contribution in [3.05, 3.63) is 34.9 Å². The summed E-state index contributed by atoms with van der Waals surface area (Å²) in [4.78, 5) is 0. The molecule has 0 spiro atoms. The normalized spacial score (nSPS) is 18.2. The highest BCUT2D eigenvalue weighted by atomic mass is 16.5. The second-order valence-electron chi connectivity index (χ2n) is 4.75. The average molecular weight is 220 g/mol. The molecule has 1 aromatic carbocycles. The predicted octanol–water partition coefficient (Wildman–Crippen LogP) is 2.91. The van der Waals surface area contributed by atoms with Gasteiger partial charge in [0.25, 0.3) is 0 Å². The molecule has 0 heterocycles. The Morgan fingerprint density at radius 2 is 2.06 bits per heavy atom. The summed E-state index contributed by atoms with van der Waals surface area (Å²) in [7, 11) is 0. The third-order valence-electron chi connectivity index (χ3n) is 3.46. The maximum atomic E-state index is 9.98. The van der Waals surface area contributed by atoms with E-state index in [4.69, 9.17) is 4.74 Å². The van der Waals surface area contributed by atoms with Crippen LogP contribution in [-0.4, -0.2) is 17.8 Å². The van der Waals surface area contributed by atoms with Gasteiger partial charge in [0.2, 0.25) is 0 Å². The topological polar surface area (TPSA) is 29.5 Å². The summed E-state index contributed by atoms with van der Waals surface area (Å²) in [5.74, 6) is 0. The van der Waals surface area contributed by atoms with E-state index in [1.54, 1.807) is 0 Å². The molecule has 1 saturated carbocycles. The van der Waals surface area contributed by atoms with Crippen molar-refractivity contribution < 1.29 is 9.84 Å². The van der Waals surface area contributed by atoms with Gasteiger partial charge in [-0.05, 0) is 49.8 Å². The van der Waals surface area contributed by atoms with E-state index in [1.807, 2.05) is 12.1 Å². The van der Waals surface area contributed by atoms with Crippen LogP contribution >= 0.6 is 0 Å². The standard InChI is InChI=1S/C14H20O2/c1-10-6-7-12(8-11(10)2)14(15)9-16-13-4-3-5-13/h6-8,13-15H,3-5,9H2,1-2H3. The van der Waals surface area contributed by atoms with Gasteiger partial charge >= 0.3 is 0 Å². The van der Waals surface area contributed by atoms with E-state index >= 15 is 0 Å². The SMILES string of the molecule is Cc1ccc(C(O)COC2CCC2)cc1C. The summed E-state index contributed by atoms with van der Waals surface area (Å²) in [6, 6.07) is 6.08. The predicted molar refractivity (Wildman–Crippen MR) is 64.5 cm³/mol. The molecule has 0 aliphatic heterocycles. The zero-order chi connectivity index (χ0) is 11.5. The molecule has 0 aromatic heterocycles. The smallest absolute Gasteiger partial charge is 0.102 e. The maximum Gasteiger partial charge on any atom is 0.102 e. The van der Waals surface area contributed by atoms with Crippen molar-refractivity contribution in [1.82, 2.24) is 0 Å². The zero-order valence-corrected chi connectivity index (χ0v) is 10.1. The summed E-state index contributed by atoms with van der Waals surface area (Å²) in [6.45, 7) is 4.57. The van der Waals surface area contributed by atoms with Crippen molar-refractivity contribution in [3.63, 3.8) is 0 Å². The Kier molecular flexibility index (Phi) is 3.62. The first-order valence-corrected chi connectivity index (χ1v) is 6.03. The van der Waals surface area contributed by atoms with Gasteiger partial charge in [-0.3, -0.25) is 0 Å². The van der Waals surface area contributed by atoms with Crippen LogP contribution in [0, 0.1) is 13.8 Å². The summed E-state index contributed by atoms with van der Waals surface area (Å²) in [6.07, 6.45) is 3.48. The number of aryl methyl sites for hydroxylation is 2. The fourth-order valence-corrected chi connectivity index (χ4v) is 1.83. The number of aliphatic hydroxyl groups is 1. The Labute approximate surface area is 97.3 Å². The molecule has 0 saturated heterocycles. The first-order valence-electron chi connectivity index (χ1n) is 6.03. The Balaban J connectivity index is 1.91. The number of aliphatic hydroxyl groups excluding tert-OH is 1. The Morgan fingerprint density at radius 3 is 2.62 bits per heavy atom. The van der Waals surface area contributed by atoms with E-state index in [0.29, 0.717) is 12.7 Å². The molecule has 2 rings (SSSR count). The van der Waals surface area contributed by atoms with Gasteiger partial charge in [0, 0.05) is 0 Å². The molecule has 1 fully saturated rings. The molecule has 88 valence electrons. The van der Waals surface area contributed by atoms with E-state index < -0.39 is 6.10 Å². The van der Waals surface area contributed by atoms with Gasteiger partial charge in [-0.15, -0.1) is 0 Å². The van der Waals surface area contributed by atoms with E-state index in [9.17, 15) is 5.11 Å². The van der Waals surface area contributed by atoms with Crippen molar-refractivity contribution in [2.24, 2.45) is 0 Å². The molecular formula is C14H20O2. The van der Waals surface area contributed by atoms with E-state index in [-0.39, 0.29) is 0 Å². The van der Waals surface area contributed by atoms with Gasteiger partial charge in [0.15, 0.2) is 0 Å². The monoisotopic (exact) mass is 220 g/mol. The summed E-state index contributed by atoms with van der Waals surface area (Å²) in [5, 5.41) is 9.98. The quantitative estimate of drug-likeness (QED) is 0.845. The lowest BCUT2D eigenvalue weighted by molar-refractivity contribution is -0.0426. The minimum Gasteiger partial charge on any atom is -0.386 e. The first-order chi connectivity index (χ1) is 7.66. The van der Waals surface area contributed by atoms with E-state index in [2.05, 4.69) is 19.9 Å². The van der Waals surface area contributed by atoms with Crippen LogP contribution in [0.25, 0.3) is 0 Å². The Morgan fingerprint density at radius 1 is 1.31 bits per heavy atom. The lowest BCUT2D eigenvalue weighted by Gasteiger charge is -2.26. The molecule has 1 aliphatic carbocycles. The van der Waals surface area contributed by atoms with Crippen LogP contribution in [0.15, 0.2) is 18.2 Å². The molecule has 1 unspecified atom stereocenters. The number of rotatable bonds is 4. The average Bonchev–Trinajstić information content (AvgIpc) is 2.19. The van der Waals surface area contributed by atoms with Gasteiger partial charge in [0.05, 0.1) is 12.7 Å². The maximum absolute atomic E-state index is 9.98. The van der Waals surface area contributed by atoms with Crippen LogP contribution in [0.2, 0.25) is 0 Å². The van der Waals surface area contributed by atoms with E-state index in [1.165, 1.54) is 17.5 Å². The van der Waals surface area contributed by atoms with Crippen LogP contribution in [0.5, 0.6) is 0 Å². The van der Waals surface area contributed by atoms with Crippen LogP contribution in [0.1, 0.15) is 42.1 Å². The molecule has 2 nitrogen and oxygen atoms in total. The third kappa shape index (κ3) is 2.63. The fourth-order valence-electron chi connectivity index (χ4n) is 1.83. The molecule has 1 aromatic rings. The Bertz CT molecular complexity index is 356. The second kappa shape index (κ2) is 4.98. The molecule has 0 amide bonds. The summed E-state index contributed by atoms with van der Waals surface area (Å²) >= 11 is 0. The third-order valence-corrected chi connectivity index (χ3v) is 3.46. The lowest BCUT2D eigenvalue weighted by Crippen LogP contribution is -2.24.